The highest BCUT2D eigenvalue weighted by Crippen LogP contribution is 2.32. The van der Waals surface area contributed by atoms with Crippen LogP contribution >= 0.6 is 27.3 Å². The summed E-state index contributed by atoms with van der Waals surface area (Å²) >= 11 is 5.26. The predicted molar refractivity (Wildman–Crippen MR) is 88.0 cm³/mol. The number of likely N-dealkylation sites (N-methyl/N-ethyl adjacent to an activating group) is 1. The van der Waals surface area contributed by atoms with Gasteiger partial charge in [0.05, 0.1) is 9.83 Å². The Morgan fingerprint density at radius 3 is 2.37 bits per heavy atom. The van der Waals surface area contributed by atoms with Crippen LogP contribution in [-0.2, 0) is 6.42 Å². The molecule has 2 nitrogen and oxygen atoms in total. The first-order valence-electron chi connectivity index (χ1n) is 6.42. The number of aryl methyl sites for hydroxylation is 1. The van der Waals surface area contributed by atoms with Crippen LogP contribution in [0, 0.1) is 0 Å². The van der Waals surface area contributed by atoms with Gasteiger partial charge in [-0.15, -0.1) is 11.3 Å². The highest BCUT2D eigenvalue weighted by Gasteiger charge is 2.17. The molecule has 4 heteroatoms. The van der Waals surface area contributed by atoms with E-state index in [0.717, 1.165) is 10.2 Å². The van der Waals surface area contributed by atoms with Crippen LogP contribution in [-0.4, -0.2) is 13.6 Å². The lowest BCUT2D eigenvalue weighted by Gasteiger charge is -2.28. The van der Waals surface area contributed by atoms with Gasteiger partial charge in [0.25, 0.3) is 0 Å². The quantitative estimate of drug-likeness (QED) is 0.884. The molecule has 1 aromatic carbocycles. The summed E-state index contributed by atoms with van der Waals surface area (Å²) in [6.45, 7) is 2.78. The molecule has 1 unspecified atom stereocenters. The third-order valence-electron chi connectivity index (χ3n) is 3.37. The maximum absolute atomic E-state index is 5.96. The number of hydrogen-bond acceptors (Lipinski definition) is 3. The summed E-state index contributed by atoms with van der Waals surface area (Å²) in [6.07, 6.45) is 1.07. The molecule has 0 radical (unpaired) electrons. The first-order chi connectivity index (χ1) is 9.15. The Hall–Kier alpha value is -0.840. The van der Waals surface area contributed by atoms with E-state index in [0.29, 0.717) is 6.54 Å². The molecule has 0 bridgehead atoms. The summed E-state index contributed by atoms with van der Waals surface area (Å²) in [5, 5.41) is 0. The number of nitrogens with two attached hydrogens (primary N) is 1. The second-order valence-electron chi connectivity index (χ2n) is 4.52. The van der Waals surface area contributed by atoms with Gasteiger partial charge in [-0.3, -0.25) is 0 Å². The number of hydrogen-bond donors (Lipinski definition) is 1. The van der Waals surface area contributed by atoms with Gasteiger partial charge >= 0.3 is 0 Å². The normalized spacial score (nSPS) is 12.4. The summed E-state index contributed by atoms with van der Waals surface area (Å²) in [7, 11) is 2.10. The Balaban J connectivity index is 2.22. The van der Waals surface area contributed by atoms with E-state index in [1.165, 1.54) is 16.1 Å². The fourth-order valence-corrected chi connectivity index (χ4v) is 3.70. The number of rotatable bonds is 5. The van der Waals surface area contributed by atoms with E-state index in [9.17, 15) is 0 Å². The molecular formula is C15H19BrN2S. The fraction of sp³-hybridized carbons (Fsp3) is 0.333. The molecule has 0 aliphatic carbocycles. The smallest absolute Gasteiger partial charge is 0.0754 e. The molecular weight excluding hydrogens is 320 g/mol. The molecule has 0 aliphatic heterocycles. The van der Waals surface area contributed by atoms with E-state index < -0.39 is 0 Å². The number of halogens is 1. The molecule has 0 fully saturated rings. The Morgan fingerprint density at radius 1 is 1.21 bits per heavy atom. The summed E-state index contributed by atoms with van der Waals surface area (Å²) in [5.74, 6) is 0. The van der Waals surface area contributed by atoms with Crippen molar-refractivity contribution in [2.24, 2.45) is 5.73 Å². The van der Waals surface area contributed by atoms with E-state index in [2.05, 4.69) is 71.2 Å². The zero-order valence-electron chi connectivity index (χ0n) is 11.3. The van der Waals surface area contributed by atoms with Crippen LogP contribution in [0.4, 0.5) is 5.69 Å². The molecule has 1 atom stereocenters. The summed E-state index contributed by atoms with van der Waals surface area (Å²) in [4.78, 5) is 3.54. The van der Waals surface area contributed by atoms with Crippen LogP contribution in [0.25, 0.3) is 0 Å². The summed E-state index contributed by atoms with van der Waals surface area (Å²) < 4.78 is 1.15. The molecule has 0 amide bonds. The summed E-state index contributed by atoms with van der Waals surface area (Å²) in [5.41, 5.74) is 8.53. The minimum Gasteiger partial charge on any atom is -0.365 e. The van der Waals surface area contributed by atoms with Gasteiger partial charge < -0.3 is 10.6 Å². The van der Waals surface area contributed by atoms with Crippen molar-refractivity contribution in [2.45, 2.75) is 19.4 Å². The maximum atomic E-state index is 5.96. The van der Waals surface area contributed by atoms with E-state index in [-0.39, 0.29) is 6.04 Å². The molecule has 2 rings (SSSR count). The van der Waals surface area contributed by atoms with Crippen molar-refractivity contribution in [1.29, 1.82) is 0 Å². The van der Waals surface area contributed by atoms with E-state index >= 15 is 0 Å². The topological polar surface area (TPSA) is 29.3 Å². The number of anilines is 1. The van der Waals surface area contributed by atoms with Crippen molar-refractivity contribution in [3.63, 3.8) is 0 Å². The molecule has 1 aromatic heterocycles. The van der Waals surface area contributed by atoms with Crippen molar-refractivity contribution >= 4 is 33.0 Å². The van der Waals surface area contributed by atoms with Gasteiger partial charge in [0, 0.05) is 24.2 Å². The van der Waals surface area contributed by atoms with E-state index in [1.807, 2.05) is 0 Å². The fourth-order valence-electron chi connectivity index (χ4n) is 2.12. The maximum Gasteiger partial charge on any atom is 0.0754 e. The largest absolute Gasteiger partial charge is 0.365 e. The van der Waals surface area contributed by atoms with Crippen LogP contribution in [0.1, 0.15) is 23.4 Å². The van der Waals surface area contributed by atoms with Crippen molar-refractivity contribution in [3.05, 3.63) is 50.6 Å². The van der Waals surface area contributed by atoms with E-state index in [1.54, 1.807) is 11.3 Å². The minimum atomic E-state index is 0.226. The van der Waals surface area contributed by atoms with Crippen LogP contribution in [0.2, 0.25) is 0 Å². The molecule has 0 saturated heterocycles. The SMILES string of the molecule is CCc1ccc(N(C)C(CN)c2ccc(Br)s2)cc1. The zero-order chi connectivity index (χ0) is 13.8. The van der Waals surface area contributed by atoms with Gasteiger partial charge in [0.1, 0.15) is 0 Å². The second-order valence-corrected chi connectivity index (χ2v) is 7.02. The van der Waals surface area contributed by atoms with Crippen molar-refractivity contribution in [1.82, 2.24) is 0 Å². The summed E-state index contributed by atoms with van der Waals surface area (Å²) in [6, 6.07) is 13.2. The predicted octanol–water partition coefficient (Wildman–Crippen LogP) is 4.21. The van der Waals surface area contributed by atoms with Crippen LogP contribution in [0.5, 0.6) is 0 Å². The lowest BCUT2D eigenvalue weighted by atomic mass is 10.1. The average Bonchev–Trinajstić information content (AvgIpc) is 2.86. The van der Waals surface area contributed by atoms with Gasteiger partial charge in [-0.2, -0.15) is 0 Å². The molecule has 19 heavy (non-hydrogen) atoms. The van der Waals surface area contributed by atoms with Crippen LogP contribution in [0.3, 0.4) is 0 Å². The Labute approximate surface area is 127 Å². The molecule has 2 aromatic rings. The Bertz CT molecular complexity index is 521. The van der Waals surface area contributed by atoms with Gasteiger partial charge in [-0.25, -0.2) is 0 Å². The molecule has 0 spiro atoms. The highest BCUT2D eigenvalue weighted by molar-refractivity contribution is 9.11. The molecule has 0 aliphatic rings. The Morgan fingerprint density at radius 2 is 1.89 bits per heavy atom. The van der Waals surface area contributed by atoms with E-state index in [4.69, 9.17) is 5.73 Å². The third kappa shape index (κ3) is 3.38. The Kier molecular flexibility index (Phi) is 5.02. The first-order valence-corrected chi connectivity index (χ1v) is 8.03. The lowest BCUT2D eigenvalue weighted by molar-refractivity contribution is 0.692. The van der Waals surface area contributed by atoms with Gasteiger partial charge in [-0.1, -0.05) is 19.1 Å². The van der Waals surface area contributed by atoms with Crippen molar-refractivity contribution < 1.29 is 0 Å². The molecule has 1 heterocycles. The van der Waals surface area contributed by atoms with Crippen LogP contribution < -0.4 is 10.6 Å². The number of benzene rings is 1. The number of nitrogens with zero attached hydrogens (tertiary/aromatic N) is 1. The highest BCUT2D eigenvalue weighted by atomic mass is 79.9. The minimum absolute atomic E-state index is 0.226. The number of thiophene rings is 1. The third-order valence-corrected chi connectivity index (χ3v) is 5.09. The van der Waals surface area contributed by atoms with Gasteiger partial charge in [0.2, 0.25) is 0 Å². The van der Waals surface area contributed by atoms with Gasteiger partial charge in [-0.05, 0) is 52.2 Å². The first kappa shape index (κ1) is 14.6. The van der Waals surface area contributed by atoms with Gasteiger partial charge in [0.15, 0.2) is 0 Å². The van der Waals surface area contributed by atoms with Crippen molar-refractivity contribution in [2.75, 3.05) is 18.5 Å². The zero-order valence-corrected chi connectivity index (χ0v) is 13.7. The lowest BCUT2D eigenvalue weighted by Crippen LogP contribution is -2.29. The second kappa shape index (κ2) is 6.55. The monoisotopic (exact) mass is 338 g/mol. The molecule has 102 valence electrons. The molecule has 0 saturated carbocycles. The molecule has 2 N–H and O–H groups in total. The average molecular weight is 339 g/mol. The standard InChI is InChI=1S/C15H19BrN2S/c1-3-11-4-6-12(7-5-11)18(2)13(10-17)14-8-9-15(16)19-14/h4-9,13H,3,10,17H2,1-2H3. The van der Waals surface area contributed by atoms with Crippen molar-refractivity contribution in [3.8, 4) is 0 Å². The van der Waals surface area contributed by atoms with Crippen LogP contribution in [0.15, 0.2) is 40.2 Å².